The van der Waals surface area contributed by atoms with E-state index >= 15 is 0 Å². The van der Waals surface area contributed by atoms with Gasteiger partial charge in [0.15, 0.2) is 0 Å². The van der Waals surface area contributed by atoms with Crippen molar-refractivity contribution in [1.82, 2.24) is 9.62 Å². The molecule has 0 aliphatic carbocycles. The maximum Gasteiger partial charge on any atom is 0.243 e. The van der Waals surface area contributed by atoms with Crippen LogP contribution in [0.3, 0.4) is 0 Å². The Kier molecular flexibility index (Phi) is 6.00. The van der Waals surface area contributed by atoms with Crippen molar-refractivity contribution < 1.29 is 13.2 Å². The van der Waals surface area contributed by atoms with Gasteiger partial charge in [0.05, 0.1) is 9.72 Å². The van der Waals surface area contributed by atoms with Gasteiger partial charge in [-0.1, -0.05) is 35.0 Å². The van der Waals surface area contributed by atoms with Gasteiger partial charge in [0, 0.05) is 19.6 Å². The Hall–Kier alpha value is -0.920. The van der Waals surface area contributed by atoms with Crippen LogP contribution in [0.4, 0.5) is 0 Å². The topological polar surface area (TPSA) is 66.5 Å². The summed E-state index contributed by atoms with van der Waals surface area (Å²) in [6.07, 6.45) is 2.57. The van der Waals surface area contributed by atoms with Crippen LogP contribution in [0.5, 0.6) is 0 Å². The highest BCUT2D eigenvalue weighted by atomic mass is 79.9. The minimum absolute atomic E-state index is 0.0590. The summed E-state index contributed by atoms with van der Waals surface area (Å²) in [5.41, 5.74) is 0.879. The first kappa shape index (κ1) is 17.4. The first-order valence-corrected chi connectivity index (χ1v) is 9.81. The first-order valence-electron chi connectivity index (χ1n) is 7.46. The van der Waals surface area contributed by atoms with E-state index in [0.717, 1.165) is 24.8 Å². The summed E-state index contributed by atoms with van der Waals surface area (Å²) in [5.74, 6) is -0.0590. The largest absolute Gasteiger partial charge is 0.351 e. The van der Waals surface area contributed by atoms with Crippen LogP contribution in [0.1, 0.15) is 31.7 Å². The van der Waals surface area contributed by atoms with Gasteiger partial charge in [0.25, 0.3) is 0 Å². The predicted octanol–water partition coefficient (Wildman–Crippen LogP) is 2.26. The maximum absolute atomic E-state index is 12.4. The standard InChI is InChI=1S/C15H21BrN2O3S/c1-2-14(16)15(19)17-11-12-5-7-13(8-6-12)22(20,21)18-9-3-4-10-18/h5-8,14H,2-4,9-11H2,1H3,(H,17,19). The van der Waals surface area contributed by atoms with Gasteiger partial charge in [-0.05, 0) is 37.0 Å². The average molecular weight is 389 g/mol. The monoisotopic (exact) mass is 388 g/mol. The van der Waals surface area contributed by atoms with Gasteiger partial charge in [-0.2, -0.15) is 4.31 Å². The van der Waals surface area contributed by atoms with Crippen molar-refractivity contribution in [2.75, 3.05) is 13.1 Å². The van der Waals surface area contributed by atoms with Crippen molar-refractivity contribution in [2.45, 2.75) is 42.5 Å². The number of alkyl halides is 1. The summed E-state index contributed by atoms with van der Waals surface area (Å²) in [4.78, 5) is 11.8. The summed E-state index contributed by atoms with van der Waals surface area (Å²) in [6.45, 7) is 3.52. The fraction of sp³-hybridized carbons (Fsp3) is 0.533. The number of sulfonamides is 1. The van der Waals surface area contributed by atoms with Crippen LogP contribution in [0, 0.1) is 0 Å². The first-order chi connectivity index (χ1) is 10.4. The number of rotatable bonds is 6. The molecular weight excluding hydrogens is 368 g/mol. The minimum Gasteiger partial charge on any atom is -0.351 e. The third kappa shape index (κ3) is 4.08. The molecule has 1 N–H and O–H groups in total. The van der Waals surface area contributed by atoms with E-state index in [9.17, 15) is 13.2 Å². The second kappa shape index (κ2) is 7.57. The van der Waals surface area contributed by atoms with Crippen molar-refractivity contribution in [3.63, 3.8) is 0 Å². The average Bonchev–Trinajstić information content (AvgIpc) is 3.07. The molecule has 0 saturated carbocycles. The number of benzene rings is 1. The van der Waals surface area contributed by atoms with E-state index < -0.39 is 10.0 Å². The smallest absolute Gasteiger partial charge is 0.243 e. The number of halogens is 1. The Balaban J connectivity index is 2.00. The highest BCUT2D eigenvalue weighted by molar-refractivity contribution is 9.10. The molecule has 1 aliphatic rings. The summed E-state index contributed by atoms with van der Waals surface area (Å²) in [7, 11) is -3.37. The molecule has 0 aromatic heterocycles. The zero-order valence-corrected chi connectivity index (χ0v) is 15.0. The normalized spacial score (nSPS) is 17.4. The van der Waals surface area contributed by atoms with E-state index in [4.69, 9.17) is 0 Å². The van der Waals surface area contributed by atoms with E-state index in [-0.39, 0.29) is 10.7 Å². The van der Waals surface area contributed by atoms with Crippen LogP contribution >= 0.6 is 15.9 Å². The summed E-state index contributed by atoms with van der Waals surface area (Å²) in [6, 6.07) is 6.72. The highest BCUT2D eigenvalue weighted by Gasteiger charge is 2.26. The molecule has 1 aromatic carbocycles. The fourth-order valence-corrected chi connectivity index (χ4v) is 4.02. The second-order valence-corrected chi connectivity index (χ2v) is 8.39. The molecule has 0 spiro atoms. The van der Waals surface area contributed by atoms with Gasteiger partial charge < -0.3 is 5.32 Å². The maximum atomic E-state index is 12.4. The number of hydrogen-bond donors (Lipinski definition) is 1. The minimum atomic E-state index is -3.37. The molecular formula is C15H21BrN2O3S. The molecule has 1 unspecified atom stereocenters. The zero-order valence-electron chi connectivity index (χ0n) is 12.6. The molecule has 5 nitrogen and oxygen atoms in total. The van der Waals surface area contributed by atoms with E-state index in [1.54, 1.807) is 24.3 Å². The molecule has 0 bridgehead atoms. The van der Waals surface area contributed by atoms with Gasteiger partial charge in [-0.15, -0.1) is 0 Å². The third-order valence-corrected chi connectivity index (χ3v) is 6.71. The molecule has 2 rings (SSSR count). The van der Waals surface area contributed by atoms with Crippen molar-refractivity contribution in [3.05, 3.63) is 29.8 Å². The predicted molar refractivity (Wildman–Crippen MR) is 89.3 cm³/mol. The molecule has 1 fully saturated rings. The van der Waals surface area contributed by atoms with E-state index in [1.807, 2.05) is 6.92 Å². The van der Waals surface area contributed by atoms with Crippen LogP contribution in [-0.2, 0) is 21.4 Å². The second-order valence-electron chi connectivity index (χ2n) is 5.35. The van der Waals surface area contributed by atoms with Crippen LogP contribution in [0.15, 0.2) is 29.2 Å². The molecule has 7 heteroatoms. The summed E-state index contributed by atoms with van der Waals surface area (Å²) < 4.78 is 26.3. The molecule has 1 atom stereocenters. The number of nitrogens with one attached hydrogen (secondary N) is 1. The van der Waals surface area contributed by atoms with Gasteiger partial charge in [0.1, 0.15) is 0 Å². The Labute approximate surface area is 140 Å². The molecule has 1 saturated heterocycles. The Morgan fingerprint density at radius 2 is 1.86 bits per heavy atom. The third-order valence-electron chi connectivity index (χ3n) is 3.74. The Morgan fingerprint density at radius 3 is 2.41 bits per heavy atom. The van der Waals surface area contributed by atoms with E-state index in [2.05, 4.69) is 21.2 Å². The summed E-state index contributed by atoms with van der Waals surface area (Å²) in [5, 5.41) is 2.82. The van der Waals surface area contributed by atoms with Gasteiger partial charge in [-0.25, -0.2) is 8.42 Å². The Morgan fingerprint density at radius 1 is 1.27 bits per heavy atom. The number of nitrogens with zero attached hydrogens (tertiary/aromatic N) is 1. The lowest BCUT2D eigenvalue weighted by atomic mass is 10.2. The molecule has 1 aromatic rings. The van der Waals surface area contributed by atoms with Crippen LogP contribution < -0.4 is 5.32 Å². The van der Waals surface area contributed by atoms with Crippen LogP contribution in [-0.4, -0.2) is 36.5 Å². The number of carbonyl (C=O) groups excluding carboxylic acids is 1. The van der Waals surface area contributed by atoms with Crippen LogP contribution in [0.2, 0.25) is 0 Å². The molecule has 122 valence electrons. The van der Waals surface area contributed by atoms with Crippen LogP contribution in [0.25, 0.3) is 0 Å². The molecule has 1 heterocycles. The van der Waals surface area contributed by atoms with Crippen molar-refractivity contribution in [2.24, 2.45) is 0 Å². The van der Waals surface area contributed by atoms with Crippen molar-refractivity contribution in [3.8, 4) is 0 Å². The lowest BCUT2D eigenvalue weighted by Gasteiger charge is -2.15. The van der Waals surface area contributed by atoms with Gasteiger partial charge in [0.2, 0.25) is 15.9 Å². The fourth-order valence-electron chi connectivity index (χ4n) is 2.34. The highest BCUT2D eigenvalue weighted by Crippen LogP contribution is 2.21. The number of amides is 1. The molecule has 1 aliphatic heterocycles. The summed E-state index contributed by atoms with van der Waals surface area (Å²) >= 11 is 3.29. The van der Waals surface area contributed by atoms with E-state index in [1.165, 1.54) is 4.31 Å². The van der Waals surface area contributed by atoms with Crippen molar-refractivity contribution >= 4 is 31.9 Å². The molecule has 22 heavy (non-hydrogen) atoms. The molecule has 1 amide bonds. The Bertz CT molecular complexity index is 610. The molecule has 0 radical (unpaired) electrons. The van der Waals surface area contributed by atoms with Crippen molar-refractivity contribution in [1.29, 1.82) is 0 Å². The number of hydrogen-bond acceptors (Lipinski definition) is 3. The lowest BCUT2D eigenvalue weighted by molar-refractivity contribution is -0.120. The van der Waals surface area contributed by atoms with E-state index in [0.29, 0.717) is 24.5 Å². The van der Waals surface area contributed by atoms with Gasteiger partial charge in [-0.3, -0.25) is 4.79 Å². The SMILES string of the molecule is CCC(Br)C(=O)NCc1ccc(S(=O)(=O)N2CCCC2)cc1. The quantitative estimate of drug-likeness (QED) is 0.759. The van der Waals surface area contributed by atoms with Gasteiger partial charge >= 0.3 is 0 Å². The zero-order chi connectivity index (χ0) is 16.2. The lowest BCUT2D eigenvalue weighted by Crippen LogP contribution is -2.30. The number of carbonyl (C=O) groups is 1.